The number of hydrogen-bond donors (Lipinski definition) is 2. The van der Waals surface area contributed by atoms with E-state index in [4.69, 9.17) is 5.11 Å². The van der Waals surface area contributed by atoms with Gasteiger partial charge in [0.15, 0.2) is 5.03 Å². The molecule has 1 heterocycles. The zero-order chi connectivity index (χ0) is 12.0. The van der Waals surface area contributed by atoms with E-state index < -0.39 is 15.6 Å². The van der Waals surface area contributed by atoms with E-state index in [0.29, 0.717) is 18.7 Å². The first kappa shape index (κ1) is 11.6. The normalized spacial score (nSPS) is 18.7. The average Bonchev–Trinajstić information content (AvgIpc) is 2.88. The number of rotatable bonds is 4. The minimum absolute atomic E-state index is 0.00669. The second-order valence-corrected chi connectivity index (χ2v) is 5.91. The van der Waals surface area contributed by atoms with Gasteiger partial charge in [0.1, 0.15) is 5.82 Å². The van der Waals surface area contributed by atoms with Crippen LogP contribution >= 0.6 is 0 Å². The molecule has 0 radical (unpaired) electrons. The third kappa shape index (κ3) is 1.98. The van der Waals surface area contributed by atoms with E-state index in [1.165, 1.54) is 6.20 Å². The van der Waals surface area contributed by atoms with E-state index in [1.54, 1.807) is 18.5 Å². The number of aliphatic hydroxyl groups excluding tert-OH is 1. The van der Waals surface area contributed by atoms with Gasteiger partial charge < -0.3 is 9.67 Å². The third-order valence-corrected chi connectivity index (χ3v) is 4.32. The molecule has 0 saturated heterocycles. The van der Waals surface area contributed by atoms with Gasteiger partial charge in [-0.25, -0.2) is 18.1 Å². The van der Waals surface area contributed by atoms with Crippen LogP contribution < -0.4 is 4.72 Å². The minimum Gasteiger partial charge on any atom is -0.394 e. The summed E-state index contributed by atoms with van der Waals surface area (Å²) in [5.74, 6) is 0.634. The van der Waals surface area contributed by atoms with Crippen LogP contribution in [0, 0.1) is 6.92 Å². The third-order valence-electron chi connectivity index (χ3n) is 2.87. The summed E-state index contributed by atoms with van der Waals surface area (Å²) in [6, 6.07) is 0. The summed E-state index contributed by atoms with van der Waals surface area (Å²) in [6.07, 6.45) is 2.81. The van der Waals surface area contributed by atoms with E-state index in [9.17, 15) is 8.42 Å². The van der Waals surface area contributed by atoms with Crippen LogP contribution in [0.5, 0.6) is 0 Å². The van der Waals surface area contributed by atoms with Crippen LogP contribution in [-0.2, 0) is 17.1 Å². The monoisotopic (exact) mass is 245 g/mol. The Morgan fingerprint density at radius 1 is 1.62 bits per heavy atom. The molecular weight excluding hydrogens is 230 g/mol. The Morgan fingerprint density at radius 2 is 2.25 bits per heavy atom. The highest BCUT2D eigenvalue weighted by Crippen LogP contribution is 2.36. The second-order valence-electron chi connectivity index (χ2n) is 4.28. The van der Waals surface area contributed by atoms with E-state index >= 15 is 0 Å². The number of aromatic nitrogens is 2. The van der Waals surface area contributed by atoms with Crippen molar-refractivity contribution in [1.29, 1.82) is 0 Å². The molecule has 1 aliphatic carbocycles. The smallest absolute Gasteiger partial charge is 0.260 e. The SMILES string of the molecule is Cc1nc(S(=O)(=O)NC2(CO)CC2)cn1C. The number of nitrogens with zero attached hydrogens (tertiary/aromatic N) is 2. The average molecular weight is 245 g/mol. The van der Waals surface area contributed by atoms with Crippen LogP contribution in [0.3, 0.4) is 0 Å². The van der Waals surface area contributed by atoms with Gasteiger partial charge in [0.05, 0.1) is 12.1 Å². The number of imidazole rings is 1. The molecule has 0 aliphatic heterocycles. The van der Waals surface area contributed by atoms with E-state index in [2.05, 4.69) is 9.71 Å². The molecule has 6 nitrogen and oxygen atoms in total. The Labute approximate surface area is 94.4 Å². The van der Waals surface area contributed by atoms with Gasteiger partial charge in [-0.2, -0.15) is 0 Å². The first-order valence-corrected chi connectivity index (χ1v) is 6.52. The fourth-order valence-electron chi connectivity index (χ4n) is 1.44. The van der Waals surface area contributed by atoms with Gasteiger partial charge in [-0.05, 0) is 19.8 Å². The van der Waals surface area contributed by atoms with Gasteiger partial charge in [-0.15, -0.1) is 0 Å². The van der Waals surface area contributed by atoms with Crippen molar-refractivity contribution in [2.24, 2.45) is 7.05 Å². The van der Waals surface area contributed by atoms with Crippen molar-refractivity contribution in [2.45, 2.75) is 30.3 Å². The number of sulfonamides is 1. The van der Waals surface area contributed by atoms with Crippen molar-refractivity contribution >= 4 is 10.0 Å². The lowest BCUT2D eigenvalue weighted by molar-refractivity contribution is 0.246. The molecule has 0 atom stereocenters. The molecule has 1 aliphatic rings. The van der Waals surface area contributed by atoms with Crippen LogP contribution in [0.2, 0.25) is 0 Å². The summed E-state index contributed by atoms with van der Waals surface area (Å²) < 4.78 is 28.0. The summed E-state index contributed by atoms with van der Waals surface area (Å²) in [7, 11) is -1.87. The zero-order valence-corrected chi connectivity index (χ0v) is 10.1. The van der Waals surface area contributed by atoms with Gasteiger partial charge in [0.2, 0.25) is 0 Å². The van der Waals surface area contributed by atoms with Crippen molar-refractivity contribution in [3.63, 3.8) is 0 Å². The maximum Gasteiger partial charge on any atom is 0.260 e. The molecule has 1 aromatic rings. The summed E-state index contributed by atoms with van der Waals surface area (Å²) in [6.45, 7) is 1.57. The second kappa shape index (κ2) is 3.54. The summed E-state index contributed by atoms with van der Waals surface area (Å²) >= 11 is 0. The molecule has 1 saturated carbocycles. The Balaban J connectivity index is 2.26. The summed E-state index contributed by atoms with van der Waals surface area (Å²) in [5.41, 5.74) is -0.649. The van der Waals surface area contributed by atoms with E-state index in [-0.39, 0.29) is 11.6 Å². The molecular formula is C9H15N3O3S. The molecule has 0 unspecified atom stereocenters. The lowest BCUT2D eigenvalue weighted by Crippen LogP contribution is -2.39. The Hall–Kier alpha value is -0.920. The molecule has 2 rings (SSSR count). The van der Waals surface area contributed by atoms with Gasteiger partial charge in [-0.3, -0.25) is 0 Å². The van der Waals surface area contributed by atoms with Crippen LogP contribution in [-0.4, -0.2) is 35.2 Å². The molecule has 0 spiro atoms. The predicted octanol–water partition coefficient (Wildman–Crippen LogP) is -0.468. The molecule has 0 amide bonds. The number of aliphatic hydroxyl groups is 1. The van der Waals surface area contributed by atoms with Crippen LogP contribution in [0.1, 0.15) is 18.7 Å². The van der Waals surface area contributed by atoms with Crippen LogP contribution in [0.25, 0.3) is 0 Å². The van der Waals surface area contributed by atoms with Gasteiger partial charge >= 0.3 is 0 Å². The fraction of sp³-hybridized carbons (Fsp3) is 0.667. The first-order valence-electron chi connectivity index (χ1n) is 5.03. The lowest BCUT2D eigenvalue weighted by atomic mass is 10.3. The number of hydrogen-bond acceptors (Lipinski definition) is 4. The zero-order valence-electron chi connectivity index (χ0n) is 9.27. The molecule has 90 valence electrons. The molecule has 2 N–H and O–H groups in total. The van der Waals surface area contributed by atoms with Crippen molar-refractivity contribution in [1.82, 2.24) is 14.3 Å². The number of nitrogens with one attached hydrogen (secondary N) is 1. The largest absolute Gasteiger partial charge is 0.394 e. The minimum atomic E-state index is -3.61. The van der Waals surface area contributed by atoms with Gasteiger partial charge in [0, 0.05) is 13.2 Å². The number of aryl methyl sites for hydroxylation is 2. The standard InChI is InChI=1S/C9H15N3O3S/c1-7-10-8(5-12(7)2)16(14,15)11-9(6-13)3-4-9/h5,11,13H,3-4,6H2,1-2H3. The highest BCUT2D eigenvalue weighted by Gasteiger charge is 2.46. The maximum atomic E-state index is 11.9. The molecule has 16 heavy (non-hydrogen) atoms. The molecule has 0 bridgehead atoms. The molecule has 1 fully saturated rings. The van der Waals surface area contributed by atoms with Crippen LogP contribution in [0.15, 0.2) is 11.2 Å². The van der Waals surface area contributed by atoms with Gasteiger partial charge in [0.25, 0.3) is 10.0 Å². The quantitative estimate of drug-likeness (QED) is 0.751. The Bertz CT molecular complexity index is 483. The van der Waals surface area contributed by atoms with Crippen LogP contribution in [0.4, 0.5) is 0 Å². The molecule has 1 aromatic heterocycles. The first-order chi connectivity index (χ1) is 7.38. The van der Waals surface area contributed by atoms with Crippen molar-refractivity contribution in [3.05, 3.63) is 12.0 Å². The molecule has 7 heteroatoms. The lowest BCUT2D eigenvalue weighted by Gasteiger charge is -2.12. The topological polar surface area (TPSA) is 84.2 Å². The summed E-state index contributed by atoms with van der Waals surface area (Å²) in [5, 5.41) is 9.08. The van der Waals surface area contributed by atoms with Crippen molar-refractivity contribution in [2.75, 3.05) is 6.61 Å². The fourth-order valence-corrected chi connectivity index (χ4v) is 2.93. The highest BCUT2D eigenvalue weighted by atomic mass is 32.2. The Kier molecular flexibility index (Phi) is 2.56. The van der Waals surface area contributed by atoms with Gasteiger partial charge in [-0.1, -0.05) is 0 Å². The maximum absolute atomic E-state index is 11.9. The highest BCUT2D eigenvalue weighted by molar-refractivity contribution is 7.89. The van der Waals surface area contributed by atoms with Crippen molar-refractivity contribution in [3.8, 4) is 0 Å². The molecule has 0 aromatic carbocycles. The predicted molar refractivity (Wildman–Crippen MR) is 57.3 cm³/mol. The van der Waals surface area contributed by atoms with E-state index in [1.807, 2.05) is 0 Å². The Morgan fingerprint density at radius 3 is 2.62 bits per heavy atom. The summed E-state index contributed by atoms with van der Waals surface area (Å²) in [4.78, 5) is 3.96. The van der Waals surface area contributed by atoms with E-state index in [0.717, 1.165) is 0 Å². The van der Waals surface area contributed by atoms with Crippen molar-refractivity contribution < 1.29 is 13.5 Å².